The zero-order valence-electron chi connectivity index (χ0n) is 20.3. The molecule has 180 valence electrons. The van der Waals surface area contributed by atoms with Crippen LogP contribution >= 0.6 is 11.6 Å². The molecule has 1 saturated heterocycles. The predicted molar refractivity (Wildman–Crippen MR) is 137 cm³/mol. The van der Waals surface area contributed by atoms with Gasteiger partial charge in [-0.25, -0.2) is 4.39 Å². The second-order valence-corrected chi connectivity index (χ2v) is 10.4. The van der Waals surface area contributed by atoms with E-state index < -0.39 is 23.5 Å². The maximum absolute atomic E-state index is 13.9. The standard InChI is InChI=1S/C29H27ClFNO3/c1-16-14-19(8-12-22(16)31)26(33)24-25(18-6-9-20(10-7-18)29(3,4)5)32(28(35)27(24)34)23-13-11-21(30)15-17(23)2/h6-15,25,33H,1-5H3/b26-24+. The molecular weight excluding hydrogens is 465 g/mol. The number of hydrogen-bond acceptors (Lipinski definition) is 3. The molecule has 6 heteroatoms. The Bertz CT molecular complexity index is 1370. The molecule has 4 rings (SSSR count). The van der Waals surface area contributed by atoms with Gasteiger partial charge in [0.2, 0.25) is 0 Å². The molecular formula is C29H27ClFNO3. The molecule has 35 heavy (non-hydrogen) atoms. The first-order valence-corrected chi connectivity index (χ1v) is 11.7. The van der Waals surface area contributed by atoms with Crippen molar-refractivity contribution in [1.29, 1.82) is 0 Å². The summed E-state index contributed by atoms with van der Waals surface area (Å²) in [4.78, 5) is 28.1. The van der Waals surface area contributed by atoms with Gasteiger partial charge in [0.25, 0.3) is 11.7 Å². The molecule has 1 amide bonds. The summed E-state index contributed by atoms with van der Waals surface area (Å²) in [6.07, 6.45) is 0. The molecule has 4 nitrogen and oxygen atoms in total. The maximum atomic E-state index is 13.9. The van der Waals surface area contributed by atoms with Crippen molar-refractivity contribution in [1.82, 2.24) is 0 Å². The third kappa shape index (κ3) is 4.48. The minimum absolute atomic E-state index is 0.0427. The number of carbonyl (C=O) groups excluding carboxylic acids is 2. The van der Waals surface area contributed by atoms with Crippen LogP contribution in [0.3, 0.4) is 0 Å². The van der Waals surface area contributed by atoms with Crippen LogP contribution in [0.25, 0.3) is 5.76 Å². The van der Waals surface area contributed by atoms with Crippen LogP contribution in [0.2, 0.25) is 5.02 Å². The van der Waals surface area contributed by atoms with E-state index in [1.54, 1.807) is 25.1 Å². The van der Waals surface area contributed by atoms with Crippen LogP contribution < -0.4 is 4.90 Å². The van der Waals surface area contributed by atoms with Gasteiger partial charge >= 0.3 is 0 Å². The van der Waals surface area contributed by atoms with E-state index in [4.69, 9.17) is 11.6 Å². The number of anilines is 1. The Balaban J connectivity index is 1.96. The van der Waals surface area contributed by atoms with Crippen molar-refractivity contribution in [2.24, 2.45) is 0 Å². The number of aliphatic hydroxyl groups is 1. The van der Waals surface area contributed by atoms with E-state index in [-0.39, 0.29) is 22.3 Å². The lowest BCUT2D eigenvalue weighted by molar-refractivity contribution is -0.132. The highest BCUT2D eigenvalue weighted by molar-refractivity contribution is 6.51. The molecule has 1 aliphatic rings. The maximum Gasteiger partial charge on any atom is 0.300 e. The van der Waals surface area contributed by atoms with E-state index in [9.17, 15) is 19.1 Å². The Morgan fingerprint density at radius 3 is 2.17 bits per heavy atom. The largest absolute Gasteiger partial charge is 0.507 e. The van der Waals surface area contributed by atoms with Crippen molar-refractivity contribution in [3.8, 4) is 0 Å². The minimum atomic E-state index is -0.866. The Morgan fingerprint density at radius 2 is 1.60 bits per heavy atom. The molecule has 1 heterocycles. The summed E-state index contributed by atoms with van der Waals surface area (Å²) in [6.45, 7) is 9.68. The number of Topliss-reactive ketones (excluding diaryl/α,β-unsaturated/α-hetero) is 1. The zero-order chi connectivity index (χ0) is 25.7. The van der Waals surface area contributed by atoms with Gasteiger partial charge in [0.1, 0.15) is 11.6 Å². The average molecular weight is 492 g/mol. The summed E-state index contributed by atoms with van der Waals surface area (Å²) in [7, 11) is 0. The molecule has 1 unspecified atom stereocenters. The molecule has 3 aromatic rings. The SMILES string of the molecule is Cc1cc(/C(O)=C2\C(=O)C(=O)N(c3ccc(Cl)cc3C)C2c2ccc(C(C)(C)C)cc2)ccc1F. The van der Waals surface area contributed by atoms with Gasteiger partial charge < -0.3 is 5.11 Å². The van der Waals surface area contributed by atoms with E-state index in [1.165, 1.54) is 23.1 Å². The number of rotatable bonds is 3. The second kappa shape index (κ2) is 8.97. The highest BCUT2D eigenvalue weighted by Crippen LogP contribution is 2.44. The number of carbonyl (C=O) groups is 2. The fourth-order valence-electron chi connectivity index (χ4n) is 4.40. The summed E-state index contributed by atoms with van der Waals surface area (Å²) in [5.41, 5.74) is 3.47. The number of aryl methyl sites for hydroxylation is 2. The number of halogens is 2. The molecule has 1 N–H and O–H groups in total. The van der Waals surface area contributed by atoms with E-state index in [0.717, 1.165) is 5.56 Å². The quantitative estimate of drug-likeness (QED) is 0.243. The molecule has 0 saturated carbocycles. The Hall–Kier alpha value is -3.44. The highest BCUT2D eigenvalue weighted by Gasteiger charge is 2.47. The molecule has 0 spiro atoms. The first kappa shape index (κ1) is 24.7. The topological polar surface area (TPSA) is 57.6 Å². The summed E-state index contributed by atoms with van der Waals surface area (Å²) < 4.78 is 13.9. The van der Waals surface area contributed by atoms with Crippen molar-refractivity contribution in [2.45, 2.75) is 46.1 Å². The third-order valence-corrected chi connectivity index (χ3v) is 6.62. The molecule has 0 aromatic heterocycles. The number of ketones is 1. The lowest BCUT2D eigenvalue weighted by atomic mass is 9.85. The molecule has 0 aliphatic carbocycles. The van der Waals surface area contributed by atoms with Crippen LogP contribution in [0.4, 0.5) is 10.1 Å². The smallest absolute Gasteiger partial charge is 0.300 e. The van der Waals surface area contributed by atoms with Gasteiger partial charge in [-0.1, -0.05) is 56.6 Å². The lowest BCUT2D eigenvalue weighted by Gasteiger charge is -2.28. The Labute approximate surface area is 209 Å². The van der Waals surface area contributed by atoms with Crippen LogP contribution in [0.1, 0.15) is 54.6 Å². The number of amides is 1. The molecule has 1 fully saturated rings. The number of nitrogens with zero attached hydrogens (tertiary/aromatic N) is 1. The van der Waals surface area contributed by atoms with Crippen molar-refractivity contribution in [3.63, 3.8) is 0 Å². The fraction of sp³-hybridized carbons (Fsp3) is 0.241. The van der Waals surface area contributed by atoms with E-state index in [0.29, 0.717) is 27.4 Å². The van der Waals surface area contributed by atoms with Crippen molar-refractivity contribution in [3.05, 3.63) is 105 Å². The van der Waals surface area contributed by atoms with E-state index in [2.05, 4.69) is 20.8 Å². The molecule has 3 aromatic carbocycles. The van der Waals surface area contributed by atoms with Gasteiger partial charge in [0.05, 0.1) is 11.6 Å². The molecule has 1 atom stereocenters. The van der Waals surface area contributed by atoms with Crippen molar-refractivity contribution < 1.29 is 19.1 Å². The minimum Gasteiger partial charge on any atom is -0.507 e. The van der Waals surface area contributed by atoms with Crippen LogP contribution in [0.5, 0.6) is 0 Å². The lowest BCUT2D eigenvalue weighted by Crippen LogP contribution is -2.30. The third-order valence-electron chi connectivity index (χ3n) is 6.39. The first-order chi connectivity index (χ1) is 16.4. The number of benzene rings is 3. The van der Waals surface area contributed by atoms with E-state index >= 15 is 0 Å². The van der Waals surface area contributed by atoms with Crippen LogP contribution in [0.15, 0.2) is 66.2 Å². The van der Waals surface area contributed by atoms with Gasteiger partial charge in [-0.05, 0) is 77.9 Å². The second-order valence-electron chi connectivity index (χ2n) is 9.94. The predicted octanol–water partition coefficient (Wildman–Crippen LogP) is 7.02. The van der Waals surface area contributed by atoms with Crippen LogP contribution in [-0.4, -0.2) is 16.8 Å². The first-order valence-electron chi connectivity index (χ1n) is 11.3. The average Bonchev–Trinajstić information content (AvgIpc) is 3.05. The fourth-order valence-corrected chi connectivity index (χ4v) is 4.63. The van der Waals surface area contributed by atoms with Crippen LogP contribution in [0, 0.1) is 19.7 Å². The van der Waals surface area contributed by atoms with Crippen molar-refractivity contribution >= 4 is 34.7 Å². The van der Waals surface area contributed by atoms with Gasteiger partial charge in [0, 0.05) is 16.3 Å². The molecule has 1 aliphatic heterocycles. The Kier molecular flexibility index (Phi) is 6.32. The van der Waals surface area contributed by atoms with Gasteiger partial charge in [0.15, 0.2) is 0 Å². The summed E-state index contributed by atoms with van der Waals surface area (Å²) in [5, 5.41) is 11.8. The summed E-state index contributed by atoms with van der Waals surface area (Å²) >= 11 is 6.14. The van der Waals surface area contributed by atoms with Crippen LogP contribution in [-0.2, 0) is 15.0 Å². The van der Waals surface area contributed by atoms with Gasteiger partial charge in [-0.2, -0.15) is 0 Å². The number of aliphatic hydroxyl groups excluding tert-OH is 1. The van der Waals surface area contributed by atoms with Gasteiger partial charge in [-0.15, -0.1) is 0 Å². The monoisotopic (exact) mass is 491 g/mol. The highest BCUT2D eigenvalue weighted by atomic mass is 35.5. The number of hydrogen-bond donors (Lipinski definition) is 1. The van der Waals surface area contributed by atoms with Gasteiger partial charge in [-0.3, -0.25) is 14.5 Å². The summed E-state index contributed by atoms with van der Waals surface area (Å²) in [5.74, 6) is -2.32. The summed E-state index contributed by atoms with van der Waals surface area (Å²) in [6, 6.07) is 16.0. The molecule has 0 radical (unpaired) electrons. The molecule has 0 bridgehead atoms. The zero-order valence-corrected chi connectivity index (χ0v) is 21.1. The normalized spacial score (nSPS) is 17.8. The van der Waals surface area contributed by atoms with E-state index in [1.807, 2.05) is 31.2 Å². The Morgan fingerprint density at radius 1 is 0.943 bits per heavy atom. The van der Waals surface area contributed by atoms with Crippen molar-refractivity contribution in [2.75, 3.05) is 4.90 Å².